The molecule has 2 saturated carbocycles. The van der Waals surface area contributed by atoms with Crippen LogP contribution in [0.25, 0.3) is 0 Å². The fraction of sp³-hybridized carbons (Fsp3) is 1.00. The van der Waals surface area contributed by atoms with Gasteiger partial charge in [0, 0.05) is 18.1 Å². The lowest BCUT2D eigenvalue weighted by Crippen LogP contribution is -2.56. The molecule has 2 aliphatic heterocycles. The van der Waals surface area contributed by atoms with Gasteiger partial charge in [-0.3, -0.25) is 4.90 Å². The summed E-state index contributed by atoms with van der Waals surface area (Å²) in [5.74, 6) is 3.18. The fourth-order valence-corrected chi connectivity index (χ4v) is 6.35. The summed E-state index contributed by atoms with van der Waals surface area (Å²) >= 11 is 0. The van der Waals surface area contributed by atoms with Gasteiger partial charge in [0.1, 0.15) is 0 Å². The Kier molecular flexibility index (Phi) is 3.38. The monoisotopic (exact) mass is 261 g/mol. The molecule has 0 radical (unpaired) electrons. The van der Waals surface area contributed by atoms with Crippen LogP contribution in [0.5, 0.6) is 0 Å². The molecule has 19 heavy (non-hydrogen) atoms. The second kappa shape index (κ2) is 5.06. The Labute approximate surface area is 119 Å². The molecule has 0 spiro atoms. The highest BCUT2D eigenvalue weighted by Crippen LogP contribution is 2.47. The summed E-state index contributed by atoms with van der Waals surface area (Å²) in [5.41, 5.74) is 0. The van der Waals surface area contributed by atoms with Gasteiger partial charge >= 0.3 is 0 Å². The van der Waals surface area contributed by atoms with Gasteiger partial charge in [-0.05, 0) is 75.5 Å². The van der Waals surface area contributed by atoms with Crippen molar-refractivity contribution in [2.45, 2.75) is 95.7 Å². The highest BCUT2D eigenvalue weighted by Gasteiger charge is 2.43. The minimum atomic E-state index is 0.979. The third kappa shape index (κ3) is 2.37. The van der Waals surface area contributed by atoms with Crippen molar-refractivity contribution in [2.75, 3.05) is 0 Å². The van der Waals surface area contributed by atoms with E-state index in [1.54, 1.807) is 19.3 Å². The first kappa shape index (κ1) is 12.7. The summed E-state index contributed by atoms with van der Waals surface area (Å²) in [6.45, 7) is 2.50. The molecule has 2 unspecified atom stereocenters. The largest absolute Gasteiger partial charge is 0.294 e. The van der Waals surface area contributed by atoms with E-state index in [2.05, 4.69) is 11.8 Å². The van der Waals surface area contributed by atoms with E-state index >= 15 is 0 Å². The lowest BCUT2D eigenvalue weighted by atomic mass is 9.66. The molecule has 2 atom stereocenters. The number of fused-ring (bicyclic) bond motifs is 4. The molecule has 1 heteroatoms. The molecule has 0 aromatic rings. The predicted molar refractivity (Wildman–Crippen MR) is 80.1 cm³/mol. The SMILES string of the molecule is CC1CC2CC(C1)CC(N1C3CCCC1CCC3)C2. The Morgan fingerprint density at radius 2 is 1.16 bits per heavy atom. The minimum Gasteiger partial charge on any atom is -0.294 e. The second-order valence-corrected chi connectivity index (χ2v) is 8.29. The summed E-state index contributed by atoms with van der Waals surface area (Å²) in [7, 11) is 0. The lowest BCUT2D eigenvalue weighted by molar-refractivity contribution is -0.0399. The number of rotatable bonds is 1. The zero-order valence-corrected chi connectivity index (χ0v) is 12.7. The van der Waals surface area contributed by atoms with Gasteiger partial charge in [0.15, 0.2) is 0 Å². The van der Waals surface area contributed by atoms with Crippen molar-refractivity contribution in [3.8, 4) is 0 Å². The van der Waals surface area contributed by atoms with Gasteiger partial charge in [0.05, 0.1) is 0 Å². The van der Waals surface area contributed by atoms with Crippen LogP contribution in [-0.4, -0.2) is 23.0 Å². The van der Waals surface area contributed by atoms with E-state index in [1.807, 2.05) is 0 Å². The fourth-order valence-electron chi connectivity index (χ4n) is 6.35. The van der Waals surface area contributed by atoms with Crippen LogP contribution in [0.1, 0.15) is 77.6 Å². The summed E-state index contributed by atoms with van der Waals surface area (Å²) in [5, 5.41) is 0. The number of nitrogens with zero attached hydrogens (tertiary/aromatic N) is 1. The molecule has 4 fully saturated rings. The Morgan fingerprint density at radius 1 is 0.632 bits per heavy atom. The van der Waals surface area contributed by atoms with Crippen LogP contribution in [-0.2, 0) is 0 Å². The lowest BCUT2D eigenvalue weighted by Gasteiger charge is -2.54. The average molecular weight is 261 g/mol. The molecule has 4 aliphatic rings. The molecule has 0 aromatic carbocycles. The van der Waals surface area contributed by atoms with Crippen molar-refractivity contribution in [2.24, 2.45) is 17.8 Å². The van der Waals surface area contributed by atoms with Gasteiger partial charge < -0.3 is 0 Å². The maximum atomic E-state index is 3.06. The Balaban J connectivity index is 1.50. The van der Waals surface area contributed by atoms with Crippen LogP contribution in [0.4, 0.5) is 0 Å². The van der Waals surface area contributed by atoms with E-state index in [1.165, 1.54) is 51.4 Å². The highest BCUT2D eigenvalue weighted by atomic mass is 15.2. The zero-order valence-electron chi connectivity index (χ0n) is 12.7. The first-order valence-corrected chi connectivity index (χ1v) is 9.07. The summed E-state index contributed by atoms with van der Waals surface area (Å²) < 4.78 is 0. The van der Waals surface area contributed by atoms with E-state index in [0.29, 0.717) is 0 Å². The first-order chi connectivity index (χ1) is 9.29. The van der Waals surface area contributed by atoms with E-state index < -0.39 is 0 Å². The highest BCUT2D eigenvalue weighted by molar-refractivity contribution is 4.97. The third-order valence-corrected chi connectivity index (χ3v) is 6.76. The maximum absolute atomic E-state index is 3.06. The molecule has 2 saturated heterocycles. The molecule has 4 rings (SSSR count). The Morgan fingerprint density at radius 3 is 1.68 bits per heavy atom. The van der Waals surface area contributed by atoms with Crippen molar-refractivity contribution in [3.63, 3.8) is 0 Å². The van der Waals surface area contributed by atoms with E-state index in [4.69, 9.17) is 0 Å². The first-order valence-electron chi connectivity index (χ1n) is 9.07. The molecule has 0 aromatic heterocycles. The topological polar surface area (TPSA) is 3.24 Å². The molecule has 2 aliphatic carbocycles. The van der Waals surface area contributed by atoms with Crippen LogP contribution >= 0.6 is 0 Å². The van der Waals surface area contributed by atoms with Crippen molar-refractivity contribution in [1.29, 1.82) is 0 Å². The minimum absolute atomic E-state index is 0.979. The van der Waals surface area contributed by atoms with Crippen molar-refractivity contribution in [3.05, 3.63) is 0 Å². The summed E-state index contributed by atoms with van der Waals surface area (Å²) in [4.78, 5) is 3.06. The van der Waals surface area contributed by atoms with Crippen LogP contribution in [0.2, 0.25) is 0 Å². The third-order valence-electron chi connectivity index (χ3n) is 6.76. The van der Waals surface area contributed by atoms with Crippen molar-refractivity contribution >= 4 is 0 Å². The van der Waals surface area contributed by atoms with E-state index in [9.17, 15) is 0 Å². The standard InChI is InChI=1S/C18H31N/c1-13-8-14-10-15(9-13)12-18(11-14)19-16-4-2-5-17(19)7-3-6-16/h13-18H,2-12H2,1H3. The Bertz CT molecular complexity index is 286. The molecular formula is C18H31N. The molecular weight excluding hydrogens is 230 g/mol. The van der Waals surface area contributed by atoms with Gasteiger partial charge in [0.25, 0.3) is 0 Å². The second-order valence-electron chi connectivity index (χ2n) is 8.29. The molecule has 2 heterocycles. The Hall–Kier alpha value is -0.0400. The summed E-state index contributed by atoms with van der Waals surface area (Å²) in [6.07, 6.45) is 16.8. The van der Waals surface area contributed by atoms with Crippen LogP contribution in [0, 0.1) is 17.8 Å². The number of hydrogen-bond acceptors (Lipinski definition) is 1. The predicted octanol–water partition coefficient (Wildman–Crippen LogP) is 4.61. The van der Waals surface area contributed by atoms with Crippen LogP contribution < -0.4 is 0 Å². The van der Waals surface area contributed by atoms with E-state index in [0.717, 1.165) is 35.9 Å². The number of piperidine rings is 2. The molecule has 0 amide bonds. The maximum Gasteiger partial charge on any atom is 0.0106 e. The number of hydrogen-bond donors (Lipinski definition) is 0. The van der Waals surface area contributed by atoms with Gasteiger partial charge in [-0.1, -0.05) is 19.8 Å². The quantitative estimate of drug-likeness (QED) is 0.666. The van der Waals surface area contributed by atoms with Crippen molar-refractivity contribution in [1.82, 2.24) is 4.90 Å². The molecule has 0 N–H and O–H groups in total. The van der Waals surface area contributed by atoms with Crippen LogP contribution in [0.15, 0.2) is 0 Å². The van der Waals surface area contributed by atoms with Crippen molar-refractivity contribution < 1.29 is 0 Å². The molecule has 108 valence electrons. The summed E-state index contributed by atoms with van der Waals surface area (Å²) in [6, 6.07) is 2.94. The molecule has 1 nitrogen and oxygen atoms in total. The van der Waals surface area contributed by atoms with E-state index in [-0.39, 0.29) is 0 Å². The average Bonchev–Trinajstić information content (AvgIpc) is 2.36. The zero-order chi connectivity index (χ0) is 12.8. The van der Waals surface area contributed by atoms with Gasteiger partial charge in [-0.15, -0.1) is 0 Å². The van der Waals surface area contributed by atoms with Gasteiger partial charge in [0.2, 0.25) is 0 Å². The smallest absolute Gasteiger partial charge is 0.0106 e. The normalized spacial score (nSPS) is 51.0. The van der Waals surface area contributed by atoms with Gasteiger partial charge in [-0.25, -0.2) is 0 Å². The molecule has 4 bridgehead atoms. The van der Waals surface area contributed by atoms with Gasteiger partial charge in [-0.2, -0.15) is 0 Å². The van der Waals surface area contributed by atoms with Crippen LogP contribution in [0.3, 0.4) is 0 Å².